The Balaban J connectivity index is 1.67. The van der Waals surface area contributed by atoms with Crippen LogP contribution in [0.15, 0.2) is 0 Å². The van der Waals surface area contributed by atoms with Crippen molar-refractivity contribution in [3.05, 3.63) is 5.82 Å². The minimum Gasteiger partial charge on any atom is -0.395 e. The highest BCUT2D eigenvalue weighted by molar-refractivity contribution is 5.01. The van der Waals surface area contributed by atoms with Crippen LogP contribution in [0, 0.1) is 0 Å². The van der Waals surface area contributed by atoms with Gasteiger partial charge in [-0.1, -0.05) is 0 Å². The lowest BCUT2D eigenvalue weighted by Gasteiger charge is -2.32. The first-order valence-electron chi connectivity index (χ1n) is 8.65. The molecule has 3 rings (SSSR count). The van der Waals surface area contributed by atoms with E-state index in [1.165, 1.54) is 0 Å². The van der Waals surface area contributed by atoms with Crippen molar-refractivity contribution in [3.8, 4) is 0 Å². The van der Waals surface area contributed by atoms with Gasteiger partial charge in [-0.15, -0.1) is 5.10 Å². The van der Waals surface area contributed by atoms with E-state index in [1.807, 2.05) is 4.68 Å². The van der Waals surface area contributed by atoms with Gasteiger partial charge in [-0.3, -0.25) is 9.80 Å². The molecule has 0 bridgehead atoms. The van der Waals surface area contributed by atoms with E-state index in [0.29, 0.717) is 6.04 Å². The summed E-state index contributed by atoms with van der Waals surface area (Å²) in [6, 6.07) is 0.778. The number of aromatic nitrogens is 4. The maximum Gasteiger partial charge on any atom is 0.168 e. The zero-order valence-electron chi connectivity index (χ0n) is 14.1. The Hall–Kier alpha value is -1.09. The second kappa shape index (κ2) is 7.65. The van der Waals surface area contributed by atoms with Crippen LogP contribution in [0.2, 0.25) is 0 Å². The molecule has 1 aromatic heterocycles. The van der Waals surface area contributed by atoms with Crippen molar-refractivity contribution in [2.75, 3.05) is 39.5 Å². The smallest absolute Gasteiger partial charge is 0.168 e. The van der Waals surface area contributed by atoms with E-state index in [9.17, 15) is 5.11 Å². The van der Waals surface area contributed by atoms with Crippen molar-refractivity contribution in [3.63, 3.8) is 0 Å². The predicted molar refractivity (Wildman–Crippen MR) is 84.9 cm³/mol. The number of hydrogen-bond acceptors (Lipinski definition) is 7. The quantitative estimate of drug-likeness (QED) is 0.783. The summed E-state index contributed by atoms with van der Waals surface area (Å²) < 4.78 is 7.33. The first-order valence-corrected chi connectivity index (χ1v) is 8.65. The van der Waals surface area contributed by atoms with E-state index in [2.05, 4.69) is 39.2 Å². The van der Waals surface area contributed by atoms with Crippen molar-refractivity contribution in [1.29, 1.82) is 0 Å². The molecule has 0 saturated carbocycles. The average Bonchev–Trinajstić information content (AvgIpc) is 3.19. The summed E-state index contributed by atoms with van der Waals surface area (Å²) in [6.07, 6.45) is 2.00. The Morgan fingerprint density at radius 3 is 2.70 bits per heavy atom. The molecule has 130 valence electrons. The van der Waals surface area contributed by atoms with E-state index in [4.69, 9.17) is 4.74 Å². The monoisotopic (exact) mass is 324 g/mol. The van der Waals surface area contributed by atoms with E-state index >= 15 is 0 Å². The molecule has 3 heterocycles. The Kier molecular flexibility index (Phi) is 5.58. The van der Waals surface area contributed by atoms with Crippen molar-refractivity contribution < 1.29 is 9.84 Å². The van der Waals surface area contributed by atoms with Gasteiger partial charge in [0.05, 0.1) is 32.4 Å². The standard InChI is InChI=1S/C15H28N6O2/c1-12(2)21-13(11-22)3-4-14(21)15-16-17-18-20(15)6-5-19-7-9-23-10-8-19/h12-14,22H,3-11H2,1-2H3/t13-,14-/m0/s1. The number of likely N-dealkylation sites (tertiary alicyclic amines) is 1. The molecule has 0 amide bonds. The molecule has 2 aliphatic heterocycles. The Morgan fingerprint density at radius 2 is 2.00 bits per heavy atom. The zero-order valence-corrected chi connectivity index (χ0v) is 14.1. The van der Waals surface area contributed by atoms with E-state index in [0.717, 1.165) is 58.1 Å². The first kappa shape index (κ1) is 16.8. The molecule has 1 aromatic rings. The molecule has 0 radical (unpaired) electrons. The summed E-state index contributed by atoms with van der Waals surface area (Å²) >= 11 is 0. The molecule has 2 atom stereocenters. The van der Waals surface area contributed by atoms with Crippen LogP contribution < -0.4 is 0 Å². The number of aliphatic hydroxyl groups excluding tert-OH is 1. The molecule has 8 nitrogen and oxygen atoms in total. The maximum absolute atomic E-state index is 9.62. The lowest BCUT2D eigenvalue weighted by atomic mass is 10.2. The maximum atomic E-state index is 9.62. The fraction of sp³-hybridized carbons (Fsp3) is 0.933. The molecule has 1 N–H and O–H groups in total. The molecule has 0 spiro atoms. The van der Waals surface area contributed by atoms with Crippen molar-refractivity contribution >= 4 is 0 Å². The van der Waals surface area contributed by atoms with Crippen LogP contribution in [0.5, 0.6) is 0 Å². The van der Waals surface area contributed by atoms with Crippen LogP contribution >= 0.6 is 0 Å². The van der Waals surface area contributed by atoms with Gasteiger partial charge in [-0.2, -0.15) is 0 Å². The third-order valence-corrected chi connectivity index (χ3v) is 4.95. The van der Waals surface area contributed by atoms with Gasteiger partial charge in [0.1, 0.15) is 0 Å². The van der Waals surface area contributed by atoms with Crippen molar-refractivity contribution in [1.82, 2.24) is 30.0 Å². The van der Waals surface area contributed by atoms with Crippen LogP contribution in [-0.2, 0) is 11.3 Å². The van der Waals surface area contributed by atoms with Crippen molar-refractivity contribution in [2.45, 2.75) is 51.4 Å². The molecular weight excluding hydrogens is 296 g/mol. The highest BCUT2D eigenvalue weighted by Gasteiger charge is 2.38. The second-order valence-corrected chi connectivity index (χ2v) is 6.68. The number of tetrazole rings is 1. The molecule has 0 aromatic carbocycles. The normalized spacial score (nSPS) is 27.1. The summed E-state index contributed by atoms with van der Waals surface area (Å²) in [5.74, 6) is 0.933. The molecule has 23 heavy (non-hydrogen) atoms. The Labute approximate surface area is 137 Å². The van der Waals surface area contributed by atoms with Crippen LogP contribution in [0.3, 0.4) is 0 Å². The molecule has 2 aliphatic rings. The molecule has 0 unspecified atom stereocenters. The Bertz CT molecular complexity index is 488. The topological polar surface area (TPSA) is 79.5 Å². The van der Waals surface area contributed by atoms with E-state index in [1.54, 1.807) is 0 Å². The van der Waals surface area contributed by atoms with Gasteiger partial charge < -0.3 is 9.84 Å². The minimum atomic E-state index is 0.198. The highest BCUT2D eigenvalue weighted by atomic mass is 16.5. The van der Waals surface area contributed by atoms with E-state index in [-0.39, 0.29) is 18.7 Å². The van der Waals surface area contributed by atoms with Gasteiger partial charge in [-0.05, 0) is 37.1 Å². The summed E-state index contributed by atoms with van der Waals surface area (Å²) in [5, 5.41) is 22.0. The molecular formula is C15H28N6O2. The van der Waals surface area contributed by atoms with Crippen LogP contribution in [0.1, 0.15) is 38.6 Å². The largest absolute Gasteiger partial charge is 0.395 e. The van der Waals surface area contributed by atoms with Gasteiger partial charge in [0.25, 0.3) is 0 Å². The number of aliphatic hydroxyl groups is 1. The minimum absolute atomic E-state index is 0.198. The summed E-state index contributed by atoms with van der Waals surface area (Å²) in [6.45, 7) is 9.86. The average molecular weight is 324 g/mol. The first-order chi connectivity index (χ1) is 11.2. The van der Waals surface area contributed by atoms with Gasteiger partial charge in [0.15, 0.2) is 5.82 Å². The van der Waals surface area contributed by atoms with Gasteiger partial charge in [0.2, 0.25) is 0 Å². The Morgan fingerprint density at radius 1 is 1.22 bits per heavy atom. The summed E-state index contributed by atoms with van der Waals surface area (Å²) in [4.78, 5) is 4.75. The number of hydrogen-bond donors (Lipinski definition) is 1. The van der Waals surface area contributed by atoms with Crippen molar-refractivity contribution in [2.24, 2.45) is 0 Å². The van der Waals surface area contributed by atoms with Crippen LogP contribution in [0.4, 0.5) is 0 Å². The number of ether oxygens (including phenoxy) is 1. The number of nitrogens with zero attached hydrogens (tertiary/aromatic N) is 6. The van der Waals surface area contributed by atoms with Crippen LogP contribution in [-0.4, -0.2) is 86.7 Å². The number of rotatable bonds is 6. The lowest BCUT2D eigenvalue weighted by Crippen LogP contribution is -2.41. The third-order valence-electron chi connectivity index (χ3n) is 4.95. The van der Waals surface area contributed by atoms with Gasteiger partial charge in [-0.25, -0.2) is 4.68 Å². The fourth-order valence-electron chi connectivity index (χ4n) is 3.80. The second-order valence-electron chi connectivity index (χ2n) is 6.68. The zero-order chi connectivity index (χ0) is 16.2. The van der Waals surface area contributed by atoms with E-state index < -0.39 is 0 Å². The SMILES string of the molecule is CC(C)N1[C@H](CO)CC[C@H]1c1nnnn1CCN1CCOCC1. The van der Waals surface area contributed by atoms with Gasteiger partial charge >= 0.3 is 0 Å². The van der Waals surface area contributed by atoms with Crippen LogP contribution in [0.25, 0.3) is 0 Å². The molecule has 2 fully saturated rings. The fourth-order valence-corrected chi connectivity index (χ4v) is 3.80. The molecule has 8 heteroatoms. The lowest BCUT2D eigenvalue weighted by molar-refractivity contribution is 0.0354. The third kappa shape index (κ3) is 3.71. The summed E-state index contributed by atoms with van der Waals surface area (Å²) in [7, 11) is 0. The molecule has 0 aliphatic carbocycles. The molecule has 2 saturated heterocycles. The number of morpholine rings is 1. The predicted octanol–water partition coefficient (Wildman–Crippen LogP) is -0.0885. The highest BCUT2D eigenvalue weighted by Crippen LogP contribution is 2.36. The van der Waals surface area contributed by atoms with Gasteiger partial charge in [0, 0.05) is 31.7 Å². The summed E-state index contributed by atoms with van der Waals surface area (Å²) in [5.41, 5.74) is 0.